The Morgan fingerprint density at radius 3 is 2.89 bits per heavy atom. The van der Waals surface area contributed by atoms with E-state index in [2.05, 4.69) is 0 Å². The molecule has 2 aliphatic heterocycles. The second-order valence-corrected chi connectivity index (χ2v) is 6.25. The molecule has 1 saturated heterocycles. The average Bonchev–Trinajstić information content (AvgIpc) is 2.38. The molecule has 18 heavy (non-hydrogen) atoms. The predicted octanol–water partition coefficient (Wildman–Crippen LogP) is 2.78. The lowest BCUT2D eigenvalue weighted by Gasteiger charge is -2.43. The minimum Gasteiger partial charge on any atom is -0.497 e. The van der Waals surface area contributed by atoms with E-state index in [-0.39, 0.29) is 5.60 Å². The van der Waals surface area contributed by atoms with Crippen molar-refractivity contribution in [2.45, 2.75) is 31.0 Å². The van der Waals surface area contributed by atoms with Crippen molar-refractivity contribution in [2.75, 3.05) is 18.6 Å². The molecular formula is C14H18O3S. The van der Waals surface area contributed by atoms with Gasteiger partial charge in [-0.25, -0.2) is 0 Å². The summed E-state index contributed by atoms with van der Waals surface area (Å²) in [6, 6.07) is 5.67. The lowest BCUT2D eigenvalue weighted by atomic mass is 9.84. The minimum absolute atomic E-state index is 0.163. The molecule has 1 fully saturated rings. The van der Waals surface area contributed by atoms with Gasteiger partial charge in [0.15, 0.2) is 0 Å². The average molecular weight is 266 g/mol. The van der Waals surface area contributed by atoms with Gasteiger partial charge in [0.1, 0.15) is 17.1 Å². The maximum absolute atomic E-state index is 10.3. The normalized spacial score (nSPS) is 25.3. The second-order valence-electron chi connectivity index (χ2n) is 5.02. The number of ether oxygens (including phenoxy) is 2. The van der Waals surface area contributed by atoms with Gasteiger partial charge in [-0.2, -0.15) is 11.8 Å². The fraction of sp³-hybridized carbons (Fsp3) is 0.571. The molecule has 3 nitrogen and oxygen atoms in total. The van der Waals surface area contributed by atoms with Crippen LogP contribution < -0.4 is 9.47 Å². The van der Waals surface area contributed by atoms with Crippen LogP contribution in [-0.2, 0) is 0 Å². The quantitative estimate of drug-likeness (QED) is 0.848. The first-order valence-electron chi connectivity index (χ1n) is 6.35. The van der Waals surface area contributed by atoms with E-state index < -0.39 is 6.10 Å². The van der Waals surface area contributed by atoms with Crippen LogP contribution in [0, 0.1) is 0 Å². The first-order chi connectivity index (χ1) is 8.72. The molecule has 0 amide bonds. The molecule has 0 radical (unpaired) electrons. The lowest BCUT2D eigenvalue weighted by Crippen LogP contribution is -2.44. The number of rotatable bonds is 1. The molecule has 1 spiro atoms. The number of hydrogen-bond donors (Lipinski definition) is 1. The predicted molar refractivity (Wildman–Crippen MR) is 72.5 cm³/mol. The van der Waals surface area contributed by atoms with Crippen LogP contribution in [0.2, 0.25) is 0 Å². The smallest absolute Gasteiger partial charge is 0.129 e. The lowest BCUT2D eigenvalue weighted by molar-refractivity contribution is -0.0199. The summed E-state index contributed by atoms with van der Waals surface area (Å²) >= 11 is 1.97. The first kappa shape index (κ1) is 12.2. The highest BCUT2D eigenvalue weighted by Crippen LogP contribution is 2.46. The van der Waals surface area contributed by atoms with E-state index in [4.69, 9.17) is 9.47 Å². The van der Waals surface area contributed by atoms with Crippen molar-refractivity contribution < 1.29 is 14.6 Å². The van der Waals surface area contributed by atoms with Crippen LogP contribution in [0.15, 0.2) is 18.2 Å². The summed E-state index contributed by atoms with van der Waals surface area (Å²) in [5, 5.41) is 10.3. The highest BCUT2D eigenvalue weighted by molar-refractivity contribution is 7.99. The van der Waals surface area contributed by atoms with Crippen LogP contribution >= 0.6 is 11.8 Å². The van der Waals surface area contributed by atoms with Crippen LogP contribution in [0.3, 0.4) is 0 Å². The van der Waals surface area contributed by atoms with Crippen LogP contribution in [0.5, 0.6) is 11.5 Å². The fourth-order valence-corrected chi connectivity index (χ4v) is 4.03. The van der Waals surface area contributed by atoms with Gasteiger partial charge in [0.05, 0.1) is 13.2 Å². The van der Waals surface area contributed by atoms with Gasteiger partial charge in [0.2, 0.25) is 0 Å². The maximum Gasteiger partial charge on any atom is 0.129 e. The van der Waals surface area contributed by atoms with E-state index in [0.29, 0.717) is 6.42 Å². The third-order valence-electron chi connectivity index (χ3n) is 3.88. The highest BCUT2D eigenvalue weighted by Gasteiger charge is 2.41. The Labute approximate surface area is 111 Å². The Kier molecular flexibility index (Phi) is 3.16. The molecular weight excluding hydrogens is 248 g/mol. The first-order valence-corrected chi connectivity index (χ1v) is 7.51. The topological polar surface area (TPSA) is 38.7 Å². The summed E-state index contributed by atoms with van der Waals surface area (Å²) in [6.45, 7) is 0. The zero-order chi connectivity index (χ0) is 12.6. The second kappa shape index (κ2) is 4.67. The van der Waals surface area contributed by atoms with Crippen molar-refractivity contribution in [1.29, 1.82) is 0 Å². The van der Waals surface area contributed by atoms with E-state index in [1.165, 1.54) is 0 Å². The third kappa shape index (κ3) is 2.08. The van der Waals surface area contributed by atoms with Gasteiger partial charge in [-0.15, -0.1) is 0 Å². The molecule has 0 aliphatic carbocycles. The van der Waals surface area contributed by atoms with Crippen LogP contribution in [0.4, 0.5) is 0 Å². The Balaban J connectivity index is 1.94. The number of benzene rings is 1. The summed E-state index contributed by atoms with van der Waals surface area (Å²) in [6.07, 6.45) is 2.34. The fourth-order valence-electron chi connectivity index (χ4n) is 2.79. The van der Waals surface area contributed by atoms with E-state index in [1.54, 1.807) is 7.11 Å². The van der Waals surface area contributed by atoms with E-state index in [1.807, 2.05) is 30.0 Å². The Hall–Kier alpha value is -0.870. The molecule has 1 aromatic carbocycles. The standard InChI is InChI=1S/C14H18O3S/c1-16-10-2-3-11-12(15)9-14(17-13(11)8-10)4-6-18-7-5-14/h2-3,8,12,15H,4-7,9H2,1H3/t12-/m1/s1. The zero-order valence-electron chi connectivity index (χ0n) is 10.5. The highest BCUT2D eigenvalue weighted by atomic mass is 32.2. The number of aliphatic hydroxyl groups excluding tert-OH is 1. The number of fused-ring (bicyclic) bond motifs is 1. The number of methoxy groups -OCH3 is 1. The summed E-state index contributed by atoms with van der Waals surface area (Å²) < 4.78 is 11.4. The van der Waals surface area contributed by atoms with E-state index in [0.717, 1.165) is 41.4 Å². The monoisotopic (exact) mass is 266 g/mol. The van der Waals surface area contributed by atoms with Gasteiger partial charge in [0, 0.05) is 18.1 Å². The molecule has 0 bridgehead atoms. The molecule has 4 heteroatoms. The number of thioether (sulfide) groups is 1. The van der Waals surface area contributed by atoms with Gasteiger partial charge in [0.25, 0.3) is 0 Å². The molecule has 2 heterocycles. The maximum atomic E-state index is 10.3. The molecule has 3 rings (SSSR count). The van der Waals surface area contributed by atoms with Crippen molar-refractivity contribution in [3.8, 4) is 11.5 Å². The van der Waals surface area contributed by atoms with Crippen LogP contribution in [0.1, 0.15) is 30.9 Å². The Morgan fingerprint density at radius 2 is 2.17 bits per heavy atom. The molecule has 1 N–H and O–H groups in total. The van der Waals surface area contributed by atoms with Crippen LogP contribution in [-0.4, -0.2) is 29.3 Å². The molecule has 2 aliphatic rings. The number of hydrogen-bond acceptors (Lipinski definition) is 4. The Bertz CT molecular complexity index is 441. The van der Waals surface area contributed by atoms with Crippen molar-refractivity contribution in [3.63, 3.8) is 0 Å². The summed E-state index contributed by atoms with van der Waals surface area (Å²) in [7, 11) is 1.65. The van der Waals surface area contributed by atoms with Gasteiger partial charge >= 0.3 is 0 Å². The van der Waals surface area contributed by atoms with Crippen molar-refractivity contribution >= 4 is 11.8 Å². The molecule has 0 saturated carbocycles. The largest absolute Gasteiger partial charge is 0.497 e. The summed E-state index contributed by atoms with van der Waals surface area (Å²) in [5.74, 6) is 3.81. The van der Waals surface area contributed by atoms with Crippen molar-refractivity contribution in [2.24, 2.45) is 0 Å². The molecule has 0 aromatic heterocycles. The van der Waals surface area contributed by atoms with Gasteiger partial charge in [-0.05, 0) is 36.5 Å². The molecule has 98 valence electrons. The zero-order valence-corrected chi connectivity index (χ0v) is 11.3. The van der Waals surface area contributed by atoms with E-state index >= 15 is 0 Å². The minimum atomic E-state index is -0.414. The summed E-state index contributed by atoms with van der Waals surface area (Å²) in [5.41, 5.74) is 0.726. The molecule has 1 atom stereocenters. The van der Waals surface area contributed by atoms with Crippen LogP contribution in [0.25, 0.3) is 0 Å². The number of aliphatic hydroxyl groups is 1. The van der Waals surface area contributed by atoms with Gasteiger partial charge in [-0.3, -0.25) is 0 Å². The van der Waals surface area contributed by atoms with Crippen molar-refractivity contribution in [3.05, 3.63) is 23.8 Å². The van der Waals surface area contributed by atoms with E-state index in [9.17, 15) is 5.11 Å². The van der Waals surface area contributed by atoms with Crippen molar-refractivity contribution in [1.82, 2.24) is 0 Å². The SMILES string of the molecule is COc1ccc2c(c1)OC1(CCSCC1)C[C@H]2O. The third-order valence-corrected chi connectivity index (χ3v) is 4.86. The Morgan fingerprint density at radius 1 is 1.39 bits per heavy atom. The molecule has 0 unspecified atom stereocenters. The summed E-state index contributed by atoms with van der Waals surface area (Å²) in [4.78, 5) is 0. The van der Waals surface area contributed by atoms with Gasteiger partial charge in [-0.1, -0.05) is 0 Å². The van der Waals surface area contributed by atoms with Gasteiger partial charge < -0.3 is 14.6 Å². The molecule has 1 aromatic rings.